The lowest BCUT2D eigenvalue weighted by atomic mass is 9.91. The SMILES string of the molecule is CC1CCC(C)N(C(CN)c2ccc(I)cc2)C1. The number of nitrogens with two attached hydrogens (primary N) is 1. The summed E-state index contributed by atoms with van der Waals surface area (Å²) in [5.41, 5.74) is 7.40. The highest BCUT2D eigenvalue weighted by Gasteiger charge is 2.29. The van der Waals surface area contributed by atoms with Crippen molar-refractivity contribution in [2.75, 3.05) is 13.1 Å². The van der Waals surface area contributed by atoms with Gasteiger partial charge in [-0.05, 0) is 66.0 Å². The molecule has 3 unspecified atom stereocenters. The van der Waals surface area contributed by atoms with Crippen molar-refractivity contribution in [3.05, 3.63) is 33.4 Å². The third-order valence-corrected chi connectivity index (χ3v) is 4.76. The van der Waals surface area contributed by atoms with E-state index in [-0.39, 0.29) is 0 Å². The summed E-state index contributed by atoms with van der Waals surface area (Å²) in [4.78, 5) is 2.59. The molecule has 1 aliphatic rings. The predicted octanol–water partition coefficient (Wildman–Crippen LogP) is 3.41. The van der Waals surface area contributed by atoms with Gasteiger partial charge in [0.25, 0.3) is 0 Å². The van der Waals surface area contributed by atoms with Crippen LogP contribution in [0.15, 0.2) is 24.3 Å². The minimum atomic E-state index is 0.375. The predicted molar refractivity (Wildman–Crippen MR) is 85.5 cm³/mol. The first-order valence-electron chi connectivity index (χ1n) is 6.83. The second-order valence-electron chi connectivity index (χ2n) is 5.53. The molecule has 1 fully saturated rings. The summed E-state index contributed by atoms with van der Waals surface area (Å²) < 4.78 is 1.28. The standard InChI is InChI=1S/C15H23IN2/c1-11-3-4-12(2)18(10-11)15(9-17)13-5-7-14(16)8-6-13/h5-8,11-12,15H,3-4,9-10,17H2,1-2H3. The molecule has 100 valence electrons. The Morgan fingerprint density at radius 2 is 1.94 bits per heavy atom. The zero-order valence-corrected chi connectivity index (χ0v) is 13.4. The molecular formula is C15H23IN2. The Hall–Kier alpha value is -0.130. The highest BCUT2D eigenvalue weighted by molar-refractivity contribution is 14.1. The van der Waals surface area contributed by atoms with E-state index >= 15 is 0 Å². The van der Waals surface area contributed by atoms with Crippen LogP contribution >= 0.6 is 22.6 Å². The number of benzene rings is 1. The molecule has 2 nitrogen and oxygen atoms in total. The summed E-state index contributed by atoms with van der Waals surface area (Å²) in [5.74, 6) is 0.791. The van der Waals surface area contributed by atoms with Crippen LogP contribution in [0, 0.1) is 9.49 Å². The molecule has 1 heterocycles. The topological polar surface area (TPSA) is 29.3 Å². The number of halogens is 1. The quantitative estimate of drug-likeness (QED) is 0.839. The van der Waals surface area contributed by atoms with Gasteiger partial charge in [-0.2, -0.15) is 0 Å². The average molecular weight is 358 g/mol. The first-order valence-corrected chi connectivity index (χ1v) is 7.91. The summed E-state index contributed by atoms with van der Waals surface area (Å²) in [6.07, 6.45) is 2.64. The van der Waals surface area contributed by atoms with Crippen LogP contribution in [0.3, 0.4) is 0 Å². The number of piperidine rings is 1. The maximum absolute atomic E-state index is 6.04. The molecule has 1 aliphatic heterocycles. The maximum Gasteiger partial charge on any atom is 0.0473 e. The molecular weight excluding hydrogens is 335 g/mol. The van der Waals surface area contributed by atoms with Crippen molar-refractivity contribution in [1.82, 2.24) is 4.90 Å². The highest BCUT2D eigenvalue weighted by Crippen LogP contribution is 2.30. The third-order valence-electron chi connectivity index (χ3n) is 4.04. The van der Waals surface area contributed by atoms with Crippen LogP contribution in [0.1, 0.15) is 38.3 Å². The Bertz CT molecular complexity index is 377. The van der Waals surface area contributed by atoms with Crippen LogP contribution < -0.4 is 5.73 Å². The van der Waals surface area contributed by atoms with Gasteiger partial charge in [-0.3, -0.25) is 4.90 Å². The normalized spacial score (nSPS) is 27.1. The van der Waals surface area contributed by atoms with Gasteiger partial charge in [-0.25, -0.2) is 0 Å². The zero-order valence-electron chi connectivity index (χ0n) is 11.3. The van der Waals surface area contributed by atoms with Crippen LogP contribution in [-0.4, -0.2) is 24.0 Å². The first kappa shape index (κ1) is 14.3. The van der Waals surface area contributed by atoms with Gasteiger partial charge >= 0.3 is 0 Å². The summed E-state index contributed by atoms with van der Waals surface area (Å²) in [6.45, 7) is 6.56. The molecule has 18 heavy (non-hydrogen) atoms. The van der Waals surface area contributed by atoms with E-state index in [9.17, 15) is 0 Å². The van der Waals surface area contributed by atoms with Crippen LogP contribution in [-0.2, 0) is 0 Å². The first-order chi connectivity index (χ1) is 8.61. The number of rotatable bonds is 3. The molecule has 0 aromatic heterocycles. The lowest BCUT2D eigenvalue weighted by Crippen LogP contribution is -2.45. The summed E-state index contributed by atoms with van der Waals surface area (Å²) in [5, 5.41) is 0. The molecule has 0 radical (unpaired) electrons. The van der Waals surface area contributed by atoms with Crippen molar-refractivity contribution in [3.63, 3.8) is 0 Å². The van der Waals surface area contributed by atoms with Gasteiger partial charge < -0.3 is 5.73 Å². The summed E-state index contributed by atoms with van der Waals surface area (Å²) in [6, 6.07) is 9.83. The molecule has 0 amide bonds. The van der Waals surface area contributed by atoms with Gasteiger partial charge in [-0.15, -0.1) is 0 Å². The van der Waals surface area contributed by atoms with Crippen LogP contribution in [0.5, 0.6) is 0 Å². The Balaban J connectivity index is 2.19. The number of likely N-dealkylation sites (tertiary alicyclic amines) is 1. The van der Waals surface area contributed by atoms with Gasteiger partial charge in [0.05, 0.1) is 0 Å². The molecule has 1 aromatic carbocycles. The van der Waals surface area contributed by atoms with E-state index in [2.05, 4.69) is 65.6 Å². The lowest BCUT2D eigenvalue weighted by molar-refractivity contribution is 0.0798. The fourth-order valence-corrected chi connectivity index (χ4v) is 3.26. The molecule has 1 aromatic rings. The van der Waals surface area contributed by atoms with Gasteiger partial charge in [-0.1, -0.05) is 19.1 Å². The van der Waals surface area contributed by atoms with Crippen molar-refractivity contribution in [2.24, 2.45) is 11.7 Å². The fourth-order valence-electron chi connectivity index (χ4n) is 2.90. The van der Waals surface area contributed by atoms with Crippen molar-refractivity contribution >= 4 is 22.6 Å². The molecule has 0 bridgehead atoms. The number of nitrogens with zero attached hydrogens (tertiary/aromatic N) is 1. The van der Waals surface area contributed by atoms with Crippen molar-refractivity contribution < 1.29 is 0 Å². The summed E-state index contributed by atoms with van der Waals surface area (Å²) >= 11 is 2.35. The molecule has 3 heteroatoms. The number of hydrogen-bond acceptors (Lipinski definition) is 2. The minimum Gasteiger partial charge on any atom is -0.329 e. The molecule has 0 saturated carbocycles. The Morgan fingerprint density at radius 1 is 1.28 bits per heavy atom. The second-order valence-corrected chi connectivity index (χ2v) is 6.78. The van der Waals surface area contributed by atoms with Crippen molar-refractivity contribution in [3.8, 4) is 0 Å². The van der Waals surface area contributed by atoms with E-state index in [0.29, 0.717) is 18.6 Å². The fraction of sp³-hybridized carbons (Fsp3) is 0.600. The molecule has 0 aliphatic carbocycles. The smallest absolute Gasteiger partial charge is 0.0473 e. The maximum atomic E-state index is 6.04. The second kappa shape index (κ2) is 6.35. The highest BCUT2D eigenvalue weighted by atomic mass is 127. The molecule has 3 atom stereocenters. The Morgan fingerprint density at radius 3 is 2.56 bits per heavy atom. The Kier molecular flexibility index (Phi) is 5.04. The van der Waals surface area contributed by atoms with Gasteiger partial charge in [0.15, 0.2) is 0 Å². The van der Waals surface area contributed by atoms with Gasteiger partial charge in [0.2, 0.25) is 0 Å². The van der Waals surface area contributed by atoms with Gasteiger partial charge in [0.1, 0.15) is 0 Å². The average Bonchev–Trinajstić information content (AvgIpc) is 2.37. The van der Waals surface area contributed by atoms with Crippen LogP contribution in [0.4, 0.5) is 0 Å². The van der Waals surface area contributed by atoms with Crippen LogP contribution in [0.25, 0.3) is 0 Å². The van der Waals surface area contributed by atoms with E-state index in [1.165, 1.54) is 28.5 Å². The van der Waals surface area contributed by atoms with Gasteiger partial charge in [0, 0.05) is 28.7 Å². The minimum absolute atomic E-state index is 0.375. The van der Waals surface area contributed by atoms with Crippen molar-refractivity contribution in [1.29, 1.82) is 0 Å². The molecule has 0 spiro atoms. The van der Waals surface area contributed by atoms with Crippen molar-refractivity contribution in [2.45, 2.75) is 38.8 Å². The van der Waals surface area contributed by atoms with E-state index in [4.69, 9.17) is 5.73 Å². The van der Waals surface area contributed by atoms with E-state index in [1.807, 2.05) is 0 Å². The monoisotopic (exact) mass is 358 g/mol. The van der Waals surface area contributed by atoms with Crippen LogP contribution in [0.2, 0.25) is 0 Å². The zero-order chi connectivity index (χ0) is 13.1. The Labute approximate surface area is 124 Å². The lowest BCUT2D eigenvalue weighted by Gasteiger charge is -2.42. The van der Waals surface area contributed by atoms with E-state index in [0.717, 1.165) is 5.92 Å². The molecule has 2 N–H and O–H groups in total. The summed E-state index contributed by atoms with van der Waals surface area (Å²) in [7, 11) is 0. The number of hydrogen-bond donors (Lipinski definition) is 1. The third kappa shape index (κ3) is 3.25. The largest absolute Gasteiger partial charge is 0.329 e. The molecule has 1 saturated heterocycles. The molecule has 2 rings (SSSR count). The van der Waals surface area contributed by atoms with E-state index in [1.54, 1.807) is 0 Å². The van der Waals surface area contributed by atoms with E-state index < -0.39 is 0 Å².